The number of benzene rings is 3. The second kappa shape index (κ2) is 6.38. The quantitative estimate of drug-likeness (QED) is 0.481. The molecule has 0 saturated carbocycles. The highest BCUT2D eigenvalue weighted by atomic mass is 16.2. The van der Waals surface area contributed by atoms with Gasteiger partial charge in [0.1, 0.15) is 0 Å². The Labute approximate surface area is 179 Å². The van der Waals surface area contributed by atoms with Crippen molar-refractivity contribution in [3.05, 3.63) is 78.9 Å². The number of piperidine rings is 1. The van der Waals surface area contributed by atoms with Crippen molar-refractivity contribution in [2.45, 2.75) is 6.04 Å². The lowest BCUT2D eigenvalue weighted by Crippen LogP contribution is -2.57. The van der Waals surface area contributed by atoms with Crippen molar-refractivity contribution >= 4 is 34.2 Å². The molecule has 2 saturated heterocycles. The van der Waals surface area contributed by atoms with Crippen LogP contribution in [0, 0.1) is 17.8 Å². The van der Waals surface area contributed by atoms with Gasteiger partial charge in [0.25, 0.3) is 0 Å². The minimum absolute atomic E-state index is 0.0805. The second-order valence-electron chi connectivity index (χ2n) is 8.49. The van der Waals surface area contributed by atoms with Gasteiger partial charge in [0, 0.05) is 7.05 Å². The highest BCUT2D eigenvalue weighted by Crippen LogP contribution is 2.46. The molecule has 4 atom stereocenters. The summed E-state index contributed by atoms with van der Waals surface area (Å²) in [6.45, 7) is 0. The van der Waals surface area contributed by atoms with Crippen molar-refractivity contribution in [2.24, 2.45) is 17.8 Å². The first-order valence-corrected chi connectivity index (χ1v) is 10.5. The lowest BCUT2D eigenvalue weighted by atomic mass is 9.70. The van der Waals surface area contributed by atoms with Gasteiger partial charge in [-0.3, -0.25) is 14.4 Å². The predicted octanol–water partition coefficient (Wildman–Crippen LogP) is 3.64. The summed E-state index contributed by atoms with van der Waals surface area (Å²) in [5.74, 6) is -2.20. The highest BCUT2D eigenvalue weighted by molar-refractivity contribution is 6.24. The molecule has 3 amide bonds. The fourth-order valence-electron chi connectivity index (χ4n) is 5.43. The Hall–Kier alpha value is -3.73. The maximum absolute atomic E-state index is 13.3. The third-order valence-corrected chi connectivity index (χ3v) is 6.97. The molecule has 31 heavy (non-hydrogen) atoms. The van der Waals surface area contributed by atoms with E-state index in [1.807, 2.05) is 48.5 Å². The van der Waals surface area contributed by atoms with E-state index < -0.39 is 17.8 Å². The molecule has 5 heteroatoms. The fraction of sp³-hybridized carbons (Fsp3) is 0.192. The van der Waals surface area contributed by atoms with Crippen LogP contribution in [0.15, 0.2) is 78.9 Å². The number of hydrogen-bond donors (Lipinski definition) is 0. The molecule has 3 aromatic rings. The van der Waals surface area contributed by atoms with Crippen molar-refractivity contribution < 1.29 is 14.4 Å². The molecule has 0 N–H and O–H groups in total. The third-order valence-electron chi connectivity index (χ3n) is 6.97. The van der Waals surface area contributed by atoms with E-state index in [0.717, 1.165) is 21.9 Å². The van der Waals surface area contributed by atoms with Gasteiger partial charge in [-0.25, -0.2) is 4.90 Å². The van der Waals surface area contributed by atoms with E-state index in [-0.39, 0.29) is 23.8 Å². The Morgan fingerprint density at radius 1 is 0.710 bits per heavy atom. The van der Waals surface area contributed by atoms with Gasteiger partial charge in [0.05, 0.1) is 29.5 Å². The molecule has 5 nitrogen and oxygen atoms in total. The Kier molecular flexibility index (Phi) is 3.72. The van der Waals surface area contributed by atoms with Crippen molar-refractivity contribution in [2.75, 3.05) is 11.9 Å². The zero-order valence-electron chi connectivity index (χ0n) is 16.9. The van der Waals surface area contributed by atoms with Crippen LogP contribution < -0.4 is 4.90 Å². The molecule has 0 aromatic heterocycles. The first kappa shape index (κ1) is 18.1. The molecule has 2 bridgehead atoms. The predicted molar refractivity (Wildman–Crippen MR) is 118 cm³/mol. The number of rotatable bonds is 2. The molecule has 1 aliphatic carbocycles. The minimum atomic E-state index is -0.594. The molecule has 2 fully saturated rings. The molecule has 0 spiro atoms. The topological polar surface area (TPSA) is 57.7 Å². The first-order valence-electron chi connectivity index (χ1n) is 10.5. The minimum Gasteiger partial charge on any atom is -0.338 e. The molecule has 152 valence electrons. The molecule has 3 heterocycles. The summed E-state index contributed by atoms with van der Waals surface area (Å²) in [6.07, 6.45) is 3.69. The molecule has 3 aromatic carbocycles. The zero-order valence-corrected chi connectivity index (χ0v) is 16.9. The SMILES string of the molecule is CN1C(=O)[C@@H]2C=C[C@@H]1[C@H]1C(=O)N(c3ccc(-c4cccc5ccccc45)cc3)C(=O)[C@H]12. The van der Waals surface area contributed by atoms with Crippen LogP contribution in [0.1, 0.15) is 0 Å². The van der Waals surface area contributed by atoms with E-state index in [9.17, 15) is 14.4 Å². The summed E-state index contributed by atoms with van der Waals surface area (Å²) < 4.78 is 0. The Morgan fingerprint density at radius 2 is 1.42 bits per heavy atom. The van der Waals surface area contributed by atoms with E-state index in [1.54, 1.807) is 18.0 Å². The van der Waals surface area contributed by atoms with Crippen molar-refractivity contribution in [3.63, 3.8) is 0 Å². The Morgan fingerprint density at radius 3 is 2.23 bits per heavy atom. The molecular weight excluding hydrogens is 388 g/mol. The van der Waals surface area contributed by atoms with Gasteiger partial charge in [0.2, 0.25) is 17.7 Å². The van der Waals surface area contributed by atoms with Crippen LogP contribution in [-0.4, -0.2) is 35.7 Å². The van der Waals surface area contributed by atoms with E-state index >= 15 is 0 Å². The van der Waals surface area contributed by atoms with E-state index in [1.165, 1.54) is 4.90 Å². The number of likely N-dealkylation sites (N-methyl/N-ethyl adjacent to an activating group) is 1. The van der Waals surface area contributed by atoms with Crippen LogP contribution in [0.2, 0.25) is 0 Å². The molecule has 7 rings (SSSR count). The maximum Gasteiger partial charge on any atom is 0.240 e. The first-order chi connectivity index (χ1) is 15.1. The number of fused-ring (bicyclic) bond motifs is 2. The number of amides is 3. The van der Waals surface area contributed by atoms with Gasteiger partial charge in [0.15, 0.2) is 0 Å². The summed E-state index contributed by atoms with van der Waals surface area (Å²) >= 11 is 0. The van der Waals surface area contributed by atoms with Crippen LogP contribution in [0.25, 0.3) is 21.9 Å². The van der Waals surface area contributed by atoms with Crippen molar-refractivity contribution in [3.8, 4) is 11.1 Å². The zero-order chi connectivity index (χ0) is 21.3. The van der Waals surface area contributed by atoms with Crippen LogP contribution in [0.4, 0.5) is 5.69 Å². The fourth-order valence-corrected chi connectivity index (χ4v) is 5.43. The summed E-state index contributed by atoms with van der Waals surface area (Å²) in [7, 11) is 1.71. The Balaban J connectivity index is 1.37. The maximum atomic E-state index is 13.3. The normalized spacial score (nSPS) is 26.8. The average molecular weight is 408 g/mol. The van der Waals surface area contributed by atoms with Gasteiger partial charge in [-0.1, -0.05) is 66.7 Å². The summed E-state index contributed by atoms with van der Waals surface area (Å²) in [4.78, 5) is 41.9. The molecule has 4 aliphatic rings. The highest BCUT2D eigenvalue weighted by Gasteiger charge is 2.61. The van der Waals surface area contributed by atoms with Crippen LogP contribution in [-0.2, 0) is 14.4 Å². The summed E-state index contributed by atoms with van der Waals surface area (Å²) in [5.41, 5.74) is 2.68. The smallest absolute Gasteiger partial charge is 0.240 e. The van der Waals surface area contributed by atoms with Gasteiger partial charge in [-0.15, -0.1) is 0 Å². The van der Waals surface area contributed by atoms with E-state index in [4.69, 9.17) is 0 Å². The van der Waals surface area contributed by atoms with Gasteiger partial charge in [-0.2, -0.15) is 0 Å². The number of imide groups is 1. The van der Waals surface area contributed by atoms with E-state index in [0.29, 0.717) is 5.69 Å². The van der Waals surface area contributed by atoms with Crippen molar-refractivity contribution in [1.29, 1.82) is 0 Å². The lowest BCUT2D eigenvalue weighted by molar-refractivity contribution is -0.148. The number of anilines is 1. The lowest BCUT2D eigenvalue weighted by Gasteiger charge is -2.44. The summed E-state index contributed by atoms with van der Waals surface area (Å²) in [5, 5.41) is 2.32. The molecule has 3 aliphatic heterocycles. The summed E-state index contributed by atoms with van der Waals surface area (Å²) in [6, 6.07) is 21.6. The van der Waals surface area contributed by atoms with Crippen LogP contribution in [0.3, 0.4) is 0 Å². The Bertz CT molecular complexity index is 1290. The van der Waals surface area contributed by atoms with Gasteiger partial charge < -0.3 is 4.90 Å². The van der Waals surface area contributed by atoms with Crippen molar-refractivity contribution in [1.82, 2.24) is 4.90 Å². The van der Waals surface area contributed by atoms with Gasteiger partial charge in [-0.05, 0) is 34.0 Å². The average Bonchev–Trinajstić information content (AvgIpc) is 3.08. The largest absolute Gasteiger partial charge is 0.338 e. The molecule has 0 radical (unpaired) electrons. The van der Waals surface area contributed by atoms with Gasteiger partial charge >= 0.3 is 0 Å². The van der Waals surface area contributed by atoms with E-state index in [2.05, 4.69) is 24.3 Å². The molecule has 0 unspecified atom stereocenters. The number of carbonyl (C=O) groups excluding carboxylic acids is 3. The number of hydrogen-bond acceptors (Lipinski definition) is 3. The molecular formula is C26H20N2O3. The number of carbonyl (C=O) groups is 3. The standard InChI is InChI=1S/C26H20N2O3/c1-27-21-14-13-20(24(27)29)22-23(21)26(31)28(25(22)30)17-11-9-16(10-12-17)19-8-4-6-15-5-2-3-7-18(15)19/h2-14,20-23H,1H3/t20-,21-,22+,23-/m1/s1. The third kappa shape index (κ3) is 2.40. The monoisotopic (exact) mass is 408 g/mol. The van der Waals surface area contributed by atoms with Crippen LogP contribution >= 0.6 is 0 Å². The number of nitrogens with zero attached hydrogens (tertiary/aromatic N) is 2. The van der Waals surface area contributed by atoms with Crippen LogP contribution in [0.5, 0.6) is 0 Å². The second-order valence-corrected chi connectivity index (χ2v) is 8.49.